The van der Waals surface area contributed by atoms with Gasteiger partial charge in [0.1, 0.15) is 11.4 Å². The minimum atomic E-state index is -0.294. The predicted molar refractivity (Wildman–Crippen MR) is 108 cm³/mol. The molecule has 5 rings (SSSR count). The van der Waals surface area contributed by atoms with Crippen molar-refractivity contribution < 1.29 is 14.6 Å². The maximum atomic E-state index is 13.3. The highest BCUT2D eigenvalue weighted by atomic mass is 16.5. The molecule has 7 nitrogen and oxygen atoms in total. The fourth-order valence-corrected chi connectivity index (χ4v) is 4.97. The van der Waals surface area contributed by atoms with E-state index < -0.39 is 0 Å². The number of carbonyl (C=O) groups is 1. The molecule has 1 fully saturated rings. The average Bonchev–Trinajstić information content (AvgIpc) is 3.17. The number of piperidine rings is 1. The van der Waals surface area contributed by atoms with Gasteiger partial charge in [-0.25, -0.2) is 0 Å². The number of aliphatic hydroxyl groups is 1. The Kier molecular flexibility index (Phi) is 4.20. The van der Waals surface area contributed by atoms with E-state index in [-0.39, 0.29) is 36.0 Å². The van der Waals surface area contributed by atoms with Crippen molar-refractivity contribution in [3.8, 4) is 5.75 Å². The number of methoxy groups -OCH3 is 1. The molecule has 7 heteroatoms. The number of amides is 1. The van der Waals surface area contributed by atoms with Crippen LogP contribution in [0.15, 0.2) is 47.3 Å². The number of fused-ring (bicyclic) bond motifs is 5. The van der Waals surface area contributed by atoms with Crippen molar-refractivity contribution in [1.82, 2.24) is 14.5 Å². The van der Waals surface area contributed by atoms with Crippen molar-refractivity contribution in [2.24, 2.45) is 5.92 Å². The number of hydrogen-bond donors (Lipinski definition) is 2. The molecule has 1 aromatic carbocycles. The van der Waals surface area contributed by atoms with Crippen molar-refractivity contribution in [2.75, 3.05) is 26.8 Å². The molecular weight excluding hydrogens is 370 g/mol. The maximum absolute atomic E-state index is 13.3. The number of nitrogens with one attached hydrogen (secondary N) is 1. The first-order valence-corrected chi connectivity index (χ1v) is 9.87. The van der Waals surface area contributed by atoms with E-state index in [1.807, 2.05) is 35.2 Å². The largest absolute Gasteiger partial charge is 0.497 e. The number of aromatic amines is 1. The lowest BCUT2D eigenvalue weighted by atomic mass is 9.78. The Morgan fingerprint density at radius 2 is 2.10 bits per heavy atom. The van der Waals surface area contributed by atoms with Gasteiger partial charge >= 0.3 is 0 Å². The number of carbonyl (C=O) groups excluding carboxylic acids is 1. The molecule has 29 heavy (non-hydrogen) atoms. The van der Waals surface area contributed by atoms with Crippen LogP contribution in [-0.2, 0) is 0 Å². The first-order chi connectivity index (χ1) is 14.1. The third-order valence-electron chi connectivity index (χ3n) is 6.33. The molecule has 1 saturated heterocycles. The standard InChI is InChI=1S/C22H23N3O4/c1-29-16-5-6-17-13(8-16)9-18(23-17)22(28)24-10-14-7-15(11-24)20(12-26)25-19(14)3-2-4-21(25)27/h2-6,8-9,14-15,20,23,26H,7,10-12H2,1H3/t14-,15+,20+/m1/s1. The van der Waals surface area contributed by atoms with Gasteiger partial charge in [-0.2, -0.15) is 0 Å². The number of H-pyrrole nitrogens is 1. The van der Waals surface area contributed by atoms with Crippen LogP contribution in [0.1, 0.15) is 34.6 Å². The Labute approximate surface area is 167 Å². The van der Waals surface area contributed by atoms with Crippen LogP contribution >= 0.6 is 0 Å². The normalized spacial score (nSPS) is 23.1. The summed E-state index contributed by atoms with van der Waals surface area (Å²) in [6, 6.07) is 12.5. The van der Waals surface area contributed by atoms with Gasteiger partial charge in [0.05, 0.1) is 19.8 Å². The third kappa shape index (κ3) is 2.84. The van der Waals surface area contributed by atoms with Crippen LogP contribution in [-0.4, -0.2) is 52.3 Å². The molecule has 3 aromatic rings. The molecule has 2 aliphatic rings. The van der Waals surface area contributed by atoms with Gasteiger partial charge in [-0.05, 0) is 36.8 Å². The van der Waals surface area contributed by atoms with Crippen molar-refractivity contribution in [1.29, 1.82) is 0 Å². The third-order valence-corrected chi connectivity index (χ3v) is 6.33. The Balaban J connectivity index is 1.48. The van der Waals surface area contributed by atoms with Crippen molar-refractivity contribution >= 4 is 16.8 Å². The molecule has 0 saturated carbocycles. The van der Waals surface area contributed by atoms with E-state index in [9.17, 15) is 14.7 Å². The zero-order valence-corrected chi connectivity index (χ0v) is 16.2. The number of likely N-dealkylation sites (tertiary alicyclic amines) is 1. The maximum Gasteiger partial charge on any atom is 0.270 e. The molecule has 0 aliphatic carbocycles. The molecule has 1 amide bonds. The van der Waals surface area contributed by atoms with Gasteiger partial charge in [-0.3, -0.25) is 9.59 Å². The van der Waals surface area contributed by atoms with E-state index in [4.69, 9.17) is 4.74 Å². The highest BCUT2D eigenvalue weighted by Gasteiger charge is 2.41. The van der Waals surface area contributed by atoms with Crippen molar-refractivity contribution in [2.45, 2.75) is 18.4 Å². The second-order valence-corrected chi connectivity index (χ2v) is 7.95. The number of ether oxygens (including phenoxy) is 1. The zero-order chi connectivity index (χ0) is 20.1. The van der Waals surface area contributed by atoms with Gasteiger partial charge in [0, 0.05) is 47.6 Å². The van der Waals surface area contributed by atoms with Crippen molar-refractivity contribution in [3.63, 3.8) is 0 Å². The van der Waals surface area contributed by atoms with E-state index in [1.165, 1.54) is 6.07 Å². The van der Waals surface area contributed by atoms with Crippen LogP contribution in [0, 0.1) is 5.92 Å². The van der Waals surface area contributed by atoms with Crippen LogP contribution in [0.25, 0.3) is 10.9 Å². The molecule has 150 valence electrons. The summed E-state index contributed by atoms with van der Waals surface area (Å²) >= 11 is 0. The first-order valence-electron chi connectivity index (χ1n) is 9.87. The first kappa shape index (κ1) is 18.0. The Bertz CT molecular complexity index is 1150. The Morgan fingerprint density at radius 3 is 2.90 bits per heavy atom. The quantitative estimate of drug-likeness (QED) is 0.714. The number of nitrogens with zero attached hydrogens (tertiary/aromatic N) is 2. The van der Waals surface area contributed by atoms with Gasteiger partial charge < -0.3 is 24.3 Å². The Hall–Kier alpha value is -3.06. The molecule has 0 radical (unpaired) electrons. The molecule has 0 spiro atoms. The number of hydrogen-bond acceptors (Lipinski definition) is 4. The second kappa shape index (κ2) is 6.77. The zero-order valence-electron chi connectivity index (χ0n) is 16.2. The lowest BCUT2D eigenvalue weighted by Crippen LogP contribution is -2.51. The number of aliphatic hydroxyl groups excluding tert-OH is 1. The van der Waals surface area contributed by atoms with Crippen LogP contribution in [0.4, 0.5) is 0 Å². The van der Waals surface area contributed by atoms with Crippen molar-refractivity contribution in [3.05, 3.63) is 64.2 Å². The minimum Gasteiger partial charge on any atom is -0.497 e. The SMILES string of the molecule is COc1ccc2[nH]c(C(=O)N3C[C@H]4C[C@@H](C3)[C@H](CO)n3c4cccc3=O)cc2c1. The molecule has 2 aromatic heterocycles. The number of benzene rings is 1. The molecule has 2 bridgehead atoms. The number of pyridine rings is 1. The second-order valence-electron chi connectivity index (χ2n) is 7.95. The fourth-order valence-electron chi connectivity index (χ4n) is 4.97. The summed E-state index contributed by atoms with van der Waals surface area (Å²) in [6.07, 6.45) is 0.877. The summed E-state index contributed by atoms with van der Waals surface area (Å²) in [4.78, 5) is 30.7. The van der Waals surface area contributed by atoms with E-state index in [2.05, 4.69) is 4.98 Å². The highest BCUT2D eigenvalue weighted by Crippen LogP contribution is 2.41. The minimum absolute atomic E-state index is 0.0553. The van der Waals surface area contributed by atoms with Crippen LogP contribution in [0.3, 0.4) is 0 Å². The fraction of sp³-hybridized carbons (Fsp3) is 0.364. The van der Waals surface area contributed by atoms with Crippen LogP contribution < -0.4 is 10.3 Å². The topological polar surface area (TPSA) is 87.6 Å². The summed E-state index contributed by atoms with van der Waals surface area (Å²) in [7, 11) is 1.62. The van der Waals surface area contributed by atoms with E-state index >= 15 is 0 Å². The van der Waals surface area contributed by atoms with Crippen LogP contribution in [0.5, 0.6) is 5.75 Å². The van der Waals surface area contributed by atoms with Crippen LogP contribution in [0.2, 0.25) is 0 Å². The smallest absolute Gasteiger partial charge is 0.270 e. The van der Waals surface area contributed by atoms with Gasteiger partial charge in [0.15, 0.2) is 0 Å². The summed E-state index contributed by atoms with van der Waals surface area (Å²) in [5.74, 6) is 0.841. The summed E-state index contributed by atoms with van der Waals surface area (Å²) in [6.45, 7) is 0.984. The molecule has 0 unspecified atom stereocenters. The van der Waals surface area contributed by atoms with Gasteiger partial charge in [0.2, 0.25) is 0 Å². The van der Waals surface area contributed by atoms with E-state index in [0.29, 0.717) is 18.8 Å². The molecule has 2 N–H and O–H groups in total. The molecule has 3 atom stereocenters. The van der Waals surface area contributed by atoms with Gasteiger partial charge in [-0.1, -0.05) is 6.07 Å². The van der Waals surface area contributed by atoms with Gasteiger partial charge in [0.25, 0.3) is 11.5 Å². The highest BCUT2D eigenvalue weighted by molar-refractivity contribution is 5.98. The lowest BCUT2D eigenvalue weighted by molar-refractivity contribution is 0.0433. The van der Waals surface area contributed by atoms with Gasteiger partial charge in [-0.15, -0.1) is 0 Å². The summed E-state index contributed by atoms with van der Waals surface area (Å²) < 4.78 is 7.00. The number of aromatic nitrogens is 2. The predicted octanol–water partition coefficient (Wildman–Crippen LogP) is 2.13. The summed E-state index contributed by atoms with van der Waals surface area (Å²) in [5.41, 5.74) is 2.25. The molecular formula is C22H23N3O4. The van der Waals surface area contributed by atoms with E-state index in [0.717, 1.165) is 28.8 Å². The Morgan fingerprint density at radius 1 is 1.24 bits per heavy atom. The lowest BCUT2D eigenvalue weighted by Gasteiger charge is -2.46. The summed E-state index contributed by atoms with van der Waals surface area (Å²) in [5, 5.41) is 10.9. The molecule has 4 heterocycles. The average molecular weight is 393 g/mol. The monoisotopic (exact) mass is 393 g/mol. The number of rotatable bonds is 3. The van der Waals surface area contributed by atoms with E-state index in [1.54, 1.807) is 17.7 Å². The molecule has 2 aliphatic heterocycles.